The Morgan fingerprint density at radius 2 is 2.06 bits per heavy atom. The molecule has 0 saturated heterocycles. The molecule has 1 atom stereocenters. The van der Waals surface area contributed by atoms with Crippen LogP contribution in [0.4, 0.5) is 0 Å². The van der Waals surface area contributed by atoms with Crippen molar-refractivity contribution in [2.24, 2.45) is 5.92 Å². The van der Waals surface area contributed by atoms with Crippen LogP contribution >= 0.6 is 15.9 Å². The molecule has 0 aliphatic carbocycles. The van der Waals surface area contributed by atoms with Crippen LogP contribution in [0, 0.1) is 5.92 Å². The van der Waals surface area contributed by atoms with Gasteiger partial charge >= 0.3 is 5.97 Å². The Kier molecular flexibility index (Phi) is 4.92. The molecule has 0 amide bonds. The SMILES string of the molecule is CCC(C)CS(=O)(=O)c1ccc(Br)c(C(=O)O)c1. The van der Waals surface area contributed by atoms with Gasteiger partial charge in [-0.3, -0.25) is 0 Å². The van der Waals surface area contributed by atoms with Gasteiger partial charge < -0.3 is 5.11 Å². The summed E-state index contributed by atoms with van der Waals surface area (Å²) in [6.07, 6.45) is 0.765. The van der Waals surface area contributed by atoms with Gasteiger partial charge in [0.2, 0.25) is 0 Å². The van der Waals surface area contributed by atoms with Crippen molar-refractivity contribution in [3.8, 4) is 0 Å². The Morgan fingerprint density at radius 1 is 1.44 bits per heavy atom. The lowest BCUT2D eigenvalue weighted by Crippen LogP contribution is -2.14. The van der Waals surface area contributed by atoms with Crippen LogP contribution in [0.2, 0.25) is 0 Å². The summed E-state index contributed by atoms with van der Waals surface area (Å²) in [5.74, 6) is -1.07. The molecular weight excluding hydrogens is 320 g/mol. The molecule has 0 spiro atoms. The smallest absolute Gasteiger partial charge is 0.336 e. The lowest BCUT2D eigenvalue weighted by molar-refractivity contribution is 0.0695. The second-order valence-corrected chi connectivity index (χ2v) is 7.13. The van der Waals surface area contributed by atoms with E-state index in [-0.39, 0.29) is 22.1 Å². The van der Waals surface area contributed by atoms with Crippen molar-refractivity contribution in [1.82, 2.24) is 0 Å². The predicted molar refractivity (Wildman–Crippen MR) is 72.6 cm³/mol. The zero-order chi connectivity index (χ0) is 13.9. The van der Waals surface area contributed by atoms with Crippen molar-refractivity contribution < 1.29 is 18.3 Å². The van der Waals surface area contributed by atoms with Gasteiger partial charge in [-0.15, -0.1) is 0 Å². The highest BCUT2D eigenvalue weighted by atomic mass is 79.9. The maximum Gasteiger partial charge on any atom is 0.336 e. The minimum absolute atomic E-state index is 0.0319. The number of hydrogen-bond acceptors (Lipinski definition) is 3. The van der Waals surface area contributed by atoms with E-state index in [0.29, 0.717) is 4.47 Å². The van der Waals surface area contributed by atoms with Crippen molar-refractivity contribution in [3.05, 3.63) is 28.2 Å². The molecule has 18 heavy (non-hydrogen) atoms. The third kappa shape index (κ3) is 3.55. The minimum Gasteiger partial charge on any atom is -0.478 e. The summed E-state index contributed by atoms with van der Waals surface area (Å²) < 4.78 is 24.5. The number of halogens is 1. The second-order valence-electron chi connectivity index (χ2n) is 4.24. The number of sulfone groups is 1. The molecule has 0 aromatic heterocycles. The molecule has 0 aliphatic heterocycles. The van der Waals surface area contributed by atoms with Crippen LogP contribution in [0.1, 0.15) is 30.6 Å². The van der Waals surface area contributed by atoms with Crippen molar-refractivity contribution >= 4 is 31.7 Å². The topological polar surface area (TPSA) is 71.4 Å². The summed E-state index contributed by atoms with van der Waals surface area (Å²) in [5.41, 5.74) is -0.0415. The first-order valence-corrected chi connectivity index (χ1v) is 7.98. The predicted octanol–water partition coefficient (Wildman–Crippen LogP) is 2.97. The highest BCUT2D eigenvalue weighted by Gasteiger charge is 2.20. The Morgan fingerprint density at radius 3 is 2.56 bits per heavy atom. The molecule has 0 radical (unpaired) electrons. The fourth-order valence-corrected chi connectivity index (χ4v) is 3.62. The van der Waals surface area contributed by atoms with E-state index in [0.717, 1.165) is 6.42 Å². The zero-order valence-corrected chi connectivity index (χ0v) is 12.6. The summed E-state index contributed by atoms with van der Waals surface area (Å²) in [6.45, 7) is 3.78. The number of carbonyl (C=O) groups is 1. The van der Waals surface area contributed by atoms with Crippen LogP contribution in [0.3, 0.4) is 0 Å². The largest absolute Gasteiger partial charge is 0.478 e. The number of carboxylic acid groups (broad SMARTS) is 1. The van der Waals surface area contributed by atoms with E-state index < -0.39 is 15.8 Å². The van der Waals surface area contributed by atoms with E-state index in [1.807, 2.05) is 13.8 Å². The van der Waals surface area contributed by atoms with E-state index in [1.54, 1.807) is 0 Å². The molecule has 0 heterocycles. The van der Waals surface area contributed by atoms with Gasteiger partial charge in [-0.2, -0.15) is 0 Å². The van der Waals surface area contributed by atoms with Gasteiger partial charge in [-0.05, 0) is 40.0 Å². The van der Waals surface area contributed by atoms with Gasteiger partial charge in [-0.25, -0.2) is 13.2 Å². The first-order valence-electron chi connectivity index (χ1n) is 5.53. The molecule has 100 valence electrons. The van der Waals surface area contributed by atoms with Crippen molar-refractivity contribution in [2.45, 2.75) is 25.2 Å². The maximum atomic E-state index is 12.1. The highest BCUT2D eigenvalue weighted by Crippen LogP contribution is 2.23. The summed E-state index contributed by atoms with van der Waals surface area (Å²) >= 11 is 3.09. The standard InChI is InChI=1S/C12H15BrO4S/c1-3-8(2)7-18(16,17)9-4-5-11(13)10(6-9)12(14)15/h4-6,8H,3,7H2,1-2H3,(H,14,15). The van der Waals surface area contributed by atoms with Crippen LogP contribution in [-0.2, 0) is 9.84 Å². The fourth-order valence-electron chi connectivity index (χ4n) is 1.45. The van der Waals surface area contributed by atoms with E-state index in [4.69, 9.17) is 5.11 Å². The number of benzene rings is 1. The quantitative estimate of drug-likeness (QED) is 0.898. The zero-order valence-electron chi connectivity index (χ0n) is 10.2. The summed E-state index contributed by atoms with van der Waals surface area (Å²) in [5, 5.41) is 8.96. The molecular formula is C12H15BrO4S. The summed E-state index contributed by atoms with van der Waals surface area (Å²) in [4.78, 5) is 11.0. The molecule has 1 rings (SSSR count). The van der Waals surface area contributed by atoms with Crippen LogP contribution in [0.15, 0.2) is 27.6 Å². The van der Waals surface area contributed by atoms with Crippen LogP contribution < -0.4 is 0 Å². The monoisotopic (exact) mass is 334 g/mol. The van der Waals surface area contributed by atoms with E-state index in [9.17, 15) is 13.2 Å². The van der Waals surface area contributed by atoms with Crippen LogP contribution in [0.5, 0.6) is 0 Å². The molecule has 0 bridgehead atoms. The minimum atomic E-state index is -3.43. The fraction of sp³-hybridized carbons (Fsp3) is 0.417. The first-order chi connectivity index (χ1) is 8.27. The summed E-state index contributed by atoms with van der Waals surface area (Å²) in [6, 6.07) is 4.07. The van der Waals surface area contributed by atoms with E-state index in [2.05, 4.69) is 15.9 Å². The van der Waals surface area contributed by atoms with Crippen LogP contribution in [-0.4, -0.2) is 25.2 Å². The Labute approximate surface area is 115 Å². The maximum absolute atomic E-state index is 12.1. The molecule has 1 unspecified atom stereocenters. The summed E-state index contributed by atoms with van der Waals surface area (Å²) in [7, 11) is -3.43. The Bertz CT molecular complexity index is 551. The lowest BCUT2D eigenvalue weighted by atomic mass is 10.2. The number of aromatic carboxylic acids is 1. The molecule has 0 aliphatic rings. The molecule has 1 N–H and O–H groups in total. The average molecular weight is 335 g/mol. The van der Waals surface area contributed by atoms with Crippen molar-refractivity contribution in [1.29, 1.82) is 0 Å². The number of carboxylic acids is 1. The molecule has 4 nitrogen and oxygen atoms in total. The highest BCUT2D eigenvalue weighted by molar-refractivity contribution is 9.10. The van der Waals surface area contributed by atoms with E-state index >= 15 is 0 Å². The van der Waals surface area contributed by atoms with Gasteiger partial charge in [0.1, 0.15) is 0 Å². The van der Waals surface area contributed by atoms with Gasteiger partial charge in [0.05, 0.1) is 16.2 Å². The van der Waals surface area contributed by atoms with Gasteiger partial charge in [-0.1, -0.05) is 20.3 Å². The molecule has 6 heteroatoms. The Hall–Kier alpha value is -0.880. The molecule has 1 aromatic rings. The van der Waals surface area contributed by atoms with Crippen molar-refractivity contribution in [3.63, 3.8) is 0 Å². The second kappa shape index (κ2) is 5.84. The third-order valence-electron chi connectivity index (χ3n) is 2.73. The van der Waals surface area contributed by atoms with E-state index in [1.165, 1.54) is 18.2 Å². The molecule has 1 aromatic carbocycles. The van der Waals surface area contributed by atoms with Gasteiger partial charge in [0.15, 0.2) is 9.84 Å². The van der Waals surface area contributed by atoms with Crippen molar-refractivity contribution in [2.75, 3.05) is 5.75 Å². The van der Waals surface area contributed by atoms with Crippen LogP contribution in [0.25, 0.3) is 0 Å². The van der Waals surface area contributed by atoms with Gasteiger partial charge in [0, 0.05) is 4.47 Å². The third-order valence-corrected chi connectivity index (χ3v) is 5.40. The first kappa shape index (κ1) is 15.2. The Balaban J connectivity index is 3.18. The number of rotatable bonds is 5. The normalized spacial score (nSPS) is 13.3. The lowest BCUT2D eigenvalue weighted by Gasteiger charge is -2.10. The average Bonchev–Trinajstić information content (AvgIpc) is 2.28. The molecule has 0 fully saturated rings. The number of hydrogen-bond donors (Lipinski definition) is 1. The molecule has 0 saturated carbocycles. The van der Waals surface area contributed by atoms with Gasteiger partial charge in [0.25, 0.3) is 0 Å².